The zero-order valence-corrected chi connectivity index (χ0v) is 9.51. The SMILES string of the molecule is Cc1cc(CN2CCC(C(=O)O)C2C)no1. The second kappa shape index (κ2) is 4.25. The number of carbonyl (C=O) groups is 1. The fourth-order valence-electron chi connectivity index (χ4n) is 2.26. The van der Waals surface area contributed by atoms with Crippen molar-refractivity contribution in [3.63, 3.8) is 0 Å². The lowest BCUT2D eigenvalue weighted by molar-refractivity contribution is -0.142. The van der Waals surface area contributed by atoms with E-state index in [2.05, 4.69) is 10.1 Å². The molecule has 1 aliphatic heterocycles. The van der Waals surface area contributed by atoms with Crippen molar-refractivity contribution < 1.29 is 14.4 Å². The summed E-state index contributed by atoms with van der Waals surface area (Å²) in [6.45, 7) is 5.29. The first kappa shape index (κ1) is 11.1. The van der Waals surface area contributed by atoms with Crippen molar-refractivity contribution in [2.75, 3.05) is 6.54 Å². The summed E-state index contributed by atoms with van der Waals surface area (Å²) in [7, 11) is 0. The second-order valence-corrected chi connectivity index (χ2v) is 4.37. The standard InChI is InChI=1S/C11H16N2O3/c1-7-5-9(12-16-7)6-13-4-3-10(8(13)2)11(14)15/h5,8,10H,3-4,6H2,1-2H3,(H,14,15). The van der Waals surface area contributed by atoms with E-state index in [9.17, 15) is 4.79 Å². The predicted octanol–water partition coefficient (Wildman–Crippen LogP) is 1.28. The van der Waals surface area contributed by atoms with Crippen molar-refractivity contribution >= 4 is 5.97 Å². The van der Waals surface area contributed by atoms with Crippen LogP contribution in [0.1, 0.15) is 24.8 Å². The molecule has 1 aliphatic rings. The van der Waals surface area contributed by atoms with E-state index in [1.807, 2.05) is 19.9 Å². The van der Waals surface area contributed by atoms with Gasteiger partial charge in [-0.05, 0) is 26.8 Å². The maximum absolute atomic E-state index is 11.0. The molecular weight excluding hydrogens is 208 g/mol. The molecular formula is C11H16N2O3. The van der Waals surface area contributed by atoms with Gasteiger partial charge in [0.05, 0.1) is 11.6 Å². The van der Waals surface area contributed by atoms with Crippen LogP contribution in [0.2, 0.25) is 0 Å². The molecule has 0 aromatic carbocycles. The van der Waals surface area contributed by atoms with Gasteiger partial charge in [0.25, 0.3) is 0 Å². The summed E-state index contributed by atoms with van der Waals surface area (Å²) in [5.74, 6) is -0.170. The Morgan fingerprint density at radius 3 is 3.00 bits per heavy atom. The Labute approximate surface area is 94.0 Å². The van der Waals surface area contributed by atoms with Crippen LogP contribution in [-0.2, 0) is 11.3 Å². The highest BCUT2D eigenvalue weighted by molar-refractivity contribution is 5.71. The molecule has 0 amide bonds. The third-order valence-corrected chi connectivity index (χ3v) is 3.24. The highest BCUT2D eigenvalue weighted by atomic mass is 16.5. The van der Waals surface area contributed by atoms with Gasteiger partial charge >= 0.3 is 5.97 Å². The Kier molecular flexibility index (Phi) is 2.96. The van der Waals surface area contributed by atoms with Gasteiger partial charge < -0.3 is 9.63 Å². The summed E-state index contributed by atoms with van der Waals surface area (Å²) in [5, 5.41) is 12.9. The molecule has 1 N–H and O–H groups in total. The van der Waals surface area contributed by atoms with Gasteiger partial charge in [0, 0.05) is 18.7 Å². The number of aliphatic carboxylic acids is 1. The molecule has 5 heteroatoms. The van der Waals surface area contributed by atoms with E-state index in [0.717, 1.165) is 18.0 Å². The van der Waals surface area contributed by atoms with E-state index in [0.29, 0.717) is 13.0 Å². The Hall–Kier alpha value is -1.36. The van der Waals surface area contributed by atoms with E-state index >= 15 is 0 Å². The van der Waals surface area contributed by atoms with Gasteiger partial charge in [0.1, 0.15) is 5.76 Å². The summed E-state index contributed by atoms with van der Waals surface area (Å²) >= 11 is 0. The predicted molar refractivity (Wildman–Crippen MR) is 56.9 cm³/mol. The summed E-state index contributed by atoms with van der Waals surface area (Å²) in [4.78, 5) is 13.1. The molecule has 5 nitrogen and oxygen atoms in total. The van der Waals surface area contributed by atoms with Crippen LogP contribution >= 0.6 is 0 Å². The highest BCUT2D eigenvalue weighted by Crippen LogP contribution is 2.25. The third-order valence-electron chi connectivity index (χ3n) is 3.24. The maximum Gasteiger partial charge on any atom is 0.308 e. The Bertz CT molecular complexity index is 388. The van der Waals surface area contributed by atoms with Crippen molar-refractivity contribution in [1.82, 2.24) is 10.1 Å². The average Bonchev–Trinajstić information content (AvgIpc) is 2.76. The number of carboxylic acids is 1. The number of hydrogen-bond donors (Lipinski definition) is 1. The first-order chi connectivity index (χ1) is 7.58. The minimum Gasteiger partial charge on any atom is -0.481 e. The van der Waals surface area contributed by atoms with Crippen LogP contribution in [-0.4, -0.2) is 33.7 Å². The number of hydrogen-bond acceptors (Lipinski definition) is 4. The summed E-state index contributed by atoms with van der Waals surface area (Å²) in [6, 6.07) is 1.95. The Morgan fingerprint density at radius 2 is 2.50 bits per heavy atom. The fourth-order valence-corrected chi connectivity index (χ4v) is 2.26. The first-order valence-corrected chi connectivity index (χ1v) is 5.47. The zero-order chi connectivity index (χ0) is 11.7. The van der Waals surface area contributed by atoms with E-state index in [1.54, 1.807) is 0 Å². The smallest absolute Gasteiger partial charge is 0.308 e. The van der Waals surface area contributed by atoms with Crippen LogP contribution in [0.3, 0.4) is 0 Å². The molecule has 16 heavy (non-hydrogen) atoms. The van der Waals surface area contributed by atoms with E-state index in [-0.39, 0.29) is 12.0 Å². The topological polar surface area (TPSA) is 66.6 Å². The van der Waals surface area contributed by atoms with Gasteiger partial charge in [-0.1, -0.05) is 5.16 Å². The monoisotopic (exact) mass is 224 g/mol. The van der Waals surface area contributed by atoms with Crippen LogP contribution < -0.4 is 0 Å². The molecule has 0 radical (unpaired) electrons. The largest absolute Gasteiger partial charge is 0.481 e. The third kappa shape index (κ3) is 2.09. The molecule has 0 spiro atoms. The lowest BCUT2D eigenvalue weighted by Crippen LogP contribution is -2.32. The minimum absolute atomic E-state index is 0.0644. The number of likely N-dealkylation sites (tertiary alicyclic amines) is 1. The van der Waals surface area contributed by atoms with Crippen molar-refractivity contribution in [3.05, 3.63) is 17.5 Å². The van der Waals surface area contributed by atoms with Crippen LogP contribution in [0.5, 0.6) is 0 Å². The molecule has 2 rings (SSSR count). The molecule has 0 aliphatic carbocycles. The number of carboxylic acid groups (broad SMARTS) is 1. The van der Waals surface area contributed by atoms with Crippen molar-refractivity contribution in [2.24, 2.45) is 5.92 Å². The molecule has 2 atom stereocenters. The van der Waals surface area contributed by atoms with E-state index < -0.39 is 5.97 Å². The highest BCUT2D eigenvalue weighted by Gasteiger charge is 2.35. The molecule has 0 saturated carbocycles. The van der Waals surface area contributed by atoms with Crippen molar-refractivity contribution in [3.8, 4) is 0 Å². The molecule has 0 bridgehead atoms. The molecule has 1 aromatic rings. The Balaban J connectivity index is 2.00. The second-order valence-electron chi connectivity index (χ2n) is 4.37. The molecule has 2 unspecified atom stereocenters. The van der Waals surface area contributed by atoms with Gasteiger partial charge in [-0.2, -0.15) is 0 Å². The van der Waals surface area contributed by atoms with E-state index in [1.165, 1.54) is 0 Å². The molecule has 1 aromatic heterocycles. The van der Waals surface area contributed by atoms with Crippen LogP contribution in [0.4, 0.5) is 0 Å². The maximum atomic E-state index is 11.0. The van der Waals surface area contributed by atoms with Crippen molar-refractivity contribution in [1.29, 1.82) is 0 Å². The normalized spacial score (nSPS) is 26.1. The van der Waals surface area contributed by atoms with Crippen molar-refractivity contribution in [2.45, 2.75) is 32.9 Å². The number of nitrogens with zero attached hydrogens (tertiary/aromatic N) is 2. The Morgan fingerprint density at radius 1 is 1.75 bits per heavy atom. The van der Waals surface area contributed by atoms with Gasteiger partial charge in [-0.15, -0.1) is 0 Å². The van der Waals surface area contributed by atoms with Gasteiger partial charge in [-0.3, -0.25) is 9.69 Å². The number of aromatic nitrogens is 1. The summed E-state index contributed by atoms with van der Waals surface area (Å²) < 4.78 is 4.99. The summed E-state index contributed by atoms with van der Waals surface area (Å²) in [6.07, 6.45) is 0.716. The zero-order valence-electron chi connectivity index (χ0n) is 9.51. The quantitative estimate of drug-likeness (QED) is 0.837. The van der Waals surface area contributed by atoms with Gasteiger partial charge in [0.15, 0.2) is 0 Å². The fraction of sp³-hybridized carbons (Fsp3) is 0.636. The van der Waals surface area contributed by atoms with Crippen LogP contribution in [0.25, 0.3) is 0 Å². The molecule has 2 heterocycles. The minimum atomic E-state index is -0.702. The number of rotatable bonds is 3. The molecule has 1 fully saturated rings. The van der Waals surface area contributed by atoms with Gasteiger partial charge in [-0.25, -0.2) is 0 Å². The lowest BCUT2D eigenvalue weighted by Gasteiger charge is -2.21. The average molecular weight is 224 g/mol. The van der Waals surface area contributed by atoms with Crippen LogP contribution in [0.15, 0.2) is 10.6 Å². The first-order valence-electron chi connectivity index (χ1n) is 5.47. The molecule has 88 valence electrons. The van der Waals surface area contributed by atoms with Gasteiger partial charge in [0.2, 0.25) is 0 Å². The van der Waals surface area contributed by atoms with Crippen LogP contribution in [0, 0.1) is 12.8 Å². The number of aryl methyl sites for hydroxylation is 1. The lowest BCUT2D eigenvalue weighted by atomic mass is 10.0. The van der Waals surface area contributed by atoms with E-state index in [4.69, 9.17) is 9.63 Å². The summed E-state index contributed by atoms with van der Waals surface area (Å²) in [5.41, 5.74) is 0.871. The molecule has 1 saturated heterocycles.